The first kappa shape index (κ1) is 12.5. The molecule has 4 atom stereocenters. The monoisotopic (exact) mass is 268 g/mol. The molecule has 0 aliphatic carbocycles. The second-order valence-corrected chi connectivity index (χ2v) is 4.73. The van der Waals surface area contributed by atoms with E-state index in [2.05, 4.69) is 9.50 Å². The Kier molecular flexibility index (Phi) is 3.23. The highest BCUT2D eigenvalue weighted by Gasteiger charge is 2.47. The van der Waals surface area contributed by atoms with Gasteiger partial charge in [0.2, 0.25) is 10.4 Å². The predicted octanol–water partition coefficient (Wildman–Crippen LogP) is -2.30. The molecule has 0 bridgehead atoms. The quantitative estimate of drug-likeness (QED) is 0.431. The highest BCUT2D eigenvalue weighted by Crippen LogP contribution is 2.23. The number of nitrogens with one attached hydrogen (secondary N) is 1. The van der Waals surface area contributed by atoms with Gasteiger partial charge in [-0.1, -0.05) is 0 Å². The molecule has 98 valence electrons. The third-order valence-electron chi connectivity index (χ3n) is 2.53. The summed E-state index contributed by atoms with van der Waals surface area (Å²) in [5, 5.41) is 12.1. The summed E-state index contributed by atoms with van der Waals surface area (Å²) in [5.74, 6) is 0. The molecule has 2 aliphatic rings. The van der Waals surface area contributed by atoms with Crippen molar-refractivity contribution in [3.8, 4) is 0 Å². The van der Waals surface area contributed by atoms with Crippen LogP contribution in [0, 0.1) is 0 Å². The Morgan fingerprint density at radius 2 is 2.29 bits per heavy atom. The Hall–Kier alpha value is -0.940. The van der Waals surface area contributed by atoms with Gasteiger partial charge in [-0.3, -0.25) is 4.18 Å². The molecule has 10 heteroatoms. The Morgan fingerprint density at radius 3 is 2.94 bits per heavy atom. The van der Waals surface area contributed by atoms with Crippen molar-refractivity contribution in [3.05, 3.63) is 0 Å². The number of ether oxygens (including phenoxy) is 2. The summed E-state index contributed by atoms with van der Waals surface area (Å²) in [6.45, 7) is -0.575. The molecule has 2 heterocycles. The Bertz CT molecular complexity index is 408. The number of hydrogen-bond acceptors (Lipinski definition) is 8. The predicted molar refractivity (Wildman–Crippen MR) is 48.6 cm³/mol. The van der Waals surface area contributed by atoms with Crippen molar-refractivity contribution in [2.45, 2.75) is 24.4 Å². The molecular weight excluding hydrogens is 258 g/mol. The lowest BCUT2D eigenvalue weighted by Crippen LogP contribution is -2.55. The highest BCUT2D eigenvalue weighted by atomic mass is 32.3. The Balaban J connectivity index is 1.96. The standard InChI is InChI=1S/C7H11NO8S/c9-5-4(2-15-17(11,12)13)14-1-3-6(5)16-7(10)8-3/h3-6,9H,1-2H2,(H,8,10)(H,11,12,13)/p-1/t3?,4?,5-,6+/m1/s1. The molecule has 0 aromatic carbocycles. The van der Waals surface area contributed by atoms with Gasteiger partial charge in [0, 0.05) is 0 Å². The number of hydrogen-bond donors (Lipinski definition) is 2. The van der Waals surface area contributed by atoms with Crippen LogP contribution in [0.25, 0.3) is 0 Å². The van der Waals surface area contributed by atoms with E-state index < -0.39 is 47.5 Å². The number of carbonyl (C=O) groups is 1. The number of rotatable bonds is 3. The van der Waals surface area contributed by atoms with E-state index >= 15 is 0 Å². The lowest BCUT2D eigenvalue weighted by Gasteiger charge is -2.34. The van der Waals surface area contributed by atoms with Gasteiger partial charge in [0.25, 0.3) is 0 Å². The van der Waals surface area contributed by atoms with E-state index in [1.54, 1.807) is 0 Å². The van der Waals surface area contributed by atoms with Crippen molar-refractivity contribution in [2.24, 2.45) is 0 Å². The van der Waals surface area contributed by atoms with Gasteiger partial charge in [0.05, 0.1) is 19.3 Å². The molecule has 2 rings (SSSR count). The van der Waals surface area contributed by atoms with Crippen LogP contribution in [0.5, 0.6) is 0 Å². The molecule has 1 amide bonds. The third-order valence-corrected chi connectivity index (χ3v) is 2.95. The first-order valence-electron chi connectivity index (χ1n) is 4.74. The van der Waals surface area contributed by atoms with E-state index in [1.807, 2.05) is 0 Å². The molecule has 0 aromatic heterocycles. The molecule has 0 saturated carbocycles. The van der Waals surface area contributed by atoms with Crippen molar-refractivity contribution >= 4 is 16.5 Å². The van der Waals surface area contributed by atoms with Crippen LogP contribution in [0.4, 0.5) is 4.79 Å². The smallest absolute Gasteiger partial charge is 0.408 e. The first-order valence-corrected chi connectivity index (χ1v) is 6.07. The van der Waals surface area contributed by atoms with Crippen LogP contribution in [0.1, 0.15) is 0 Å². The summed E-state index contributed by atoms with van der Waals surface area (Å²) < 4.78 is 44.6. The van der Waals surface area contributed by atoms with Gasteiger partial charge in [-0.2, -0.15) is 0 Å². The van der Waals surface area contributed by atoms with Crippen LogP contribution in [0.2, 0.25) is 0 Å². The van der Waals surface area contributed by atoms with E-state index in [0.29, 0.717) is 0 Å². The van der Waals surface area contributed by atoms with Gasteiger partial charge < -0.3 is 24.4 Å². The maximum absolute atomic E-state index is 10.9. The van der Waals surface area contributed by atoms with Gasteiger partial charge in [-0.15, -0.1) is 0 Å². The Morgan fingerprint density at radius 1 is 1.59 bits per heavy atom. The van der Waals surface area contributed by atoms with Crippen molar-refractivity contribution in [3.63, 3.8) is 0 Å². The molecule has 2 fully saturated rings. The number of carbonyl (C=O) groups excluding carboxylic acids is 1. The lowest BCUT2D eigenvalue weighted by molar-refractivity contribution is -0.141. The number of amides is 1. The molecule has 0 aromatic rings. The van der Waals surface area contributed by atoms with Crippen molar-refractivity contribution in [1.82, 2.24) is 5.32 Å². The van der Waals surface area contributed by atoms with Crippen LogP contribution in [-0.4, -0.2) is 61.7 Å². The largest absolute Gasteiger partial charge is 0.726 e. The fraction of sp³-hybridized carbons (Fsp3) is 0.857. The normalized spacial score (nSPS) is 37.2. The van der Waals surface area contributed by atoms with Crippen molar-refractivity contribution < 1.29 is 36.5 Å². The first-order chi connectivity index (χ1) is 7.87. The summed E-state index contributed by atoms with van der Waals surface area (Å²) in [7, 11) is -4.84. The zero-order chi connectivity index (χ0) is 12.6. The highest BCUT2D eigenvalue weighted by molar-refractivity contribution is 7.80. The SMILES string of the molecule is O=C1NC2COC(COS(=O)(=O)[O-])[C@@H](O)[C@H]2O1. The Labute approximate surface area is 96.6 Å². The van der Waals surface area contributed by atoms with E-state index in [-0.39, 0.29) is 6.61 Å². The number of fused-ring (bicyclic) bond motifs is 1. The summed E-state index contributed by atoms with van der Waals surface area (Å²) in [6.07, 6.45) is -3.80. The van der Waals surface area contributed by atoms with Gasteiger partial charge in [0.1, 0.15) is 12.2 Å². The molecule has 2 N–H and O–H groups in total. The fourth-order valence-corrected chi connectivity index (χ4v) is 2.05. The topological polar surface area (TPSA) is 134 Å². The second kappa shape index (κ2) is 4.38. The average molecular weight is 268 g/mol. The average Bonchev–Trinajstić information content (AvgIpc) is 2.57. The zero-order valence-electron chi connectivity index (χ0n) is 8.44. The van der Waals surface area contributed by atoms with E-state index in [0.717, 1.165) is 0 Å². The lowest BCUT2D eigenvalue weighted by atomic mass is 9.99. The minimum atomic E-state index is -4.84. The van der Waals surface area contributed by atoms with Crippen molar-refractivity contribution in [2.75, 3.05) is 13.2 Å². The molecule has 9 nitrogen and oxygen atoms in total. The van der Waals surface area contributed by atoms with Gasteiger partial charge in [0.15, 0.2) is 6.10 Å². The number of aliphatic hydroxyl groups is 1. The molecule has 0 spiro atoms. The third kappa shape index (κ3) is 2.84. The fourth-order valence-electron chi connectivity index (χ4n) is 1.75. The number of alkyl carbamates (subject to hydrolysis) is 1. The summed E-state index contributed by atoms with van der Waals surface area (Å²) >= 11 is 0. The van der Waals surface area contributed by atoms with Crippen LogP contribution < -0.4 is 5.32 Å². The van der Waals surface area contributed by atoms with Crippen LogP contribution in [0.15, 0.2) is 0 Å². The van der Waals surface area contributed by atoms with E-state index in [1.165, 1.54) is 0 Å². The summed E-state index contributed by atoms with van der Waals surface area (Å²) in [5.41, 5.74) is 0. The second-order valence-electron chi connectivity index (χ2n) is 3.68. The van der Waals surface area contributed by atoms with Gasteiger partial charge >= 0.3 is 6.09 Å². The minimum Gasteiger partial charge on any atom is -0.726 e. The van der Waals surface area contributed by atoms with E-state index in [9.17, 15) is 22.9 Å². The summed E-state index contributed by atoms with van der Waals surface area (Å²) in [6, 6.07) is -0.488. The molecule has 17 heavy (non-hydrogen) atoms. The minimum absolute atomic E-state index is 0.0421. The molecule has 0 radical (unpaired) electrons. The van der Waals surface area contributed by atoms with Crippen LogP contribution >= 0.6 is 0 Å². The molecule has 2 aliphatic heterocycles. The van der Waals surface area contributed by atoms with Crippen molar-refractivity contribution in [1.29, 1.82) is 0 Å². The van der Waals surface area contributed by atoms with Gasteiger partial charge in [-0.05, 0) is 0 Å². The zero-order valence-corrected chi connectivity index (χ0v) is 9.25. The van der Waals surface area contributed by atoms with Gasteiger partial charge in [-0.25, -0.2) is 13.2 Å². The molecule has 2 unspecified atom stereocenters. The van der Waals surface area contributed by atoms with E-state index in [4.69, 9.17) is 9.47 Å². The number of aliphatic hydroxyl groups excluding tert-OH is 1. The molecular formula is C7H10NO8S-. The summed E-state index contributed by atoms with van der Waals surface area (Å²) in [4.78, 5) is 10.9. The van der Waals surface area contributed by atoms with Crippen LogP contribution in [0.3, 0.4) is 0 Å². The maximum Gasteiger partial charge on any atom is 0.408 e. The molecule has 2 saturated heterocycles. The maximum atomic E-state index is 10.9. The van der Waals surface area contributed by atoms with Crippen LogP contribution in [-0.2, 0) is 24.1 Å².